The lowest BCUT2D eigenvalue weighted by molar-refractivity contribution is -0.134. The first-order chi connectivity index (χ1) is 10.4. The number of benzene rings is 1. The van der Waals surface area contributed by atoms with E-state index in [-0.39, 0.29) is 17.0 Å². The maximum absolute atomic E-state index is 10.8. The summed E-state index contributed by atoms with van der Waals surface area (Å²) < 4.78 is 0. The van der Waals surface area contributed by atoms with Crippen LogP contribution < -0.4 is 16.4 Å². The van der Waals surface area contributed by atoms with Crippen molar-refractivity contribution in [2.24, 2.45) is 5.73 Å². The van der Waals surface area contributed by atoms with E-state index in [2.05, 4.69) is 10.6 Å². The Morgan fingerprint density at radius 1 is 1.30 bits per heavy atom. The van der Waals surface area contributed by atoms with Gasteiger partial charge < -0.3 is 31.7 Å². The quantitative estimate of drug-likeness (QED) is 0.461. The second-order valence-electron chi connectivity index (χ2n) is 5.93. The number of phenolic OH excluding ortho intramolecular Hbond substituents is 1. The zero-order valence-electron chi connectivity index (χ0n) is 13.8. The topological polar surface area (TPSA) is 145 Å². The summed E-state index contributed by atoms with van der Waals surface area (Å²) in [5.41, 5.74) is 5.66. The fourth-order valence-corrected chi connectivity index (χ4v) is 1.51. The normalized spacial score (nSPS) is 11.9. The number of urea groups is 1. The molecule has 7 N–H and O–H groups in total. The molecule has 1 rings (SSSR count). The van der Waals surface area contributed by atoms with E-state index in [4.69, 9.17) is 15.6 Å². The Labute approximate surface area is 135 Å². The van der Waals surface area contributed by atoms with E-state index in [0.29, 0.717) is 12.1 Å². The van der Waals surface area contributed by atoms with Crippen molar-refractivity contribution in [1.29, 1.82) is 0 Å². The molecule has 8 heteroatoms. The SMILES string of the molecule is CC(=O)O.CC(C)(C)NCC(O)c1ccc(O)c(NC(N)=O)c1. The van der Waals surface area contributed by atoms with Crippen LogP contribution in [0.1, 0.15) is 39.4 Å². The monoisotopic (exact) mass is 327 g/mol. The molecule has 0 saturated carbocycles. The van der Waals surface area contributed by atoms with Crippen molar-refractivity contribution in [1.82, 2.24) is 5.32 Å². The van der Waals surface area contributed by atoms with Gasteiger partial charge in [-0.15, -0.1) is 0 Å². The molecule has 0 radical (unpaired) electrons. The number of aromatic hydroxyl groups is 1. The van der Waals surface area contributed by atoms with Crippen LogP contribution >= 0.6 is 0 Å². The van der Waals surface area contributed by atoms with Gasteiger partial charge in [0.15, 0.2) is 0 Å². The molecular formula is C15H25N3O5. The molecule has 1 atom stereocenters. The number of nitrogens with one attached hydrogen (secondary N) is 2. The first-order valence-electron chi connectivity index (χ1n) is 6.94. The number of β-amino-alcohol motifs (C(OH)–C–C–N with tert-alkyl or cyclic N) is 1. The van der Waals surface area contributed by atoms with Gasteiger partial charge in [-0.05, 0) is 38.5 Å². The molecule has 8 nitrogen and oxygen atoms in total. The number of hydrogen-bond donors (Lipinski definition) is 6. The van der Waals surface area contributed by atoms with Gasteiger partial charge in [0.2, 0.25) is 0 Å². The largest absolute Gasteiger partial charge is 0.506 e. The Balaban J connectivity index is 0.00000108. The summed E-state index contributed by atoms with van der Waals surface area (Å²) in [6, 6.07) is 3.72. The number of carboxylic acid groups (broad SMARTS) is 1. The Kier molecular flexibility index (Phi) is 8.06. The third kappa shape index (κ3) is 10.1. The molecule has 0 heterocycles. The van der Waals surface area contributed by atoms with E-state index < -0.39 is 18.1 Å². The Morgan fingerprint density at radius 3 is 2.26 bits per heavy atom. The molecule has 1 aromatic rings. The molecule has 2 amide bonds. The predicted octanol–water partition coefficient (Wildman–Crippen LogP) is 1.40. The van der Waals surface area contributed by atoms with Crippen LogP contribution in [-0.2, 0) is 4.79 Å². The fourth-order valence-electron chi connectivity index (χ4n) is 1.51. The molecule has 0 fully saturated rings. The molecule has 1 aromatic carbocycles. The van der Waals surface area contributed by atoms with Crippen LogP contribution in [0.5, 0.6) is 5.75 Å². The van der Waals surface area contributed by atoms with E-state index in [0.717, 1.165) is 6.92 Å². The number of aliphatic carboxylic acids is 1. The number of rotatable bonds is 4. The van der Waals surface area contributed by atoms with Crippen molar-refractivity contribution < 1.29 is 24.9 Å². The molecule has 130 valence electrons. The first kappa shape index (κ1) is 20.7. The molecule has 0 aliphatic rings. The van der Waals surface area contributed by atoms with Crippen LogP contribution in [0.4, 0.5) is 10.5 Å². The lowest BCUT2D eigenvalue weighted by atomic mass is 10.1. The average Bonchev–Trinajstić information content (AvgIpc) is 2.36. The Bertz CT molecular complexity index is 536. The molecule has 0 aromatic heterocycles. The number of carbonyl (C=O) groups excluding carboxylic acids is 1. The highest BCUT2D eigenvalue weighted by molar-refractivity contribution is 5.89. The van der Waals surface area contributed by atoms with Crippen LogP contribution in [0.2, 0.25) is 0 Å². The zero-order valence-corrected chi connectivity index (χ0v) is 13.8. The van der Waals surface area contributed by atoms with Crippen molar-refractivity contribution in [2.75, 3.05) is 11.9 Å². The minimum absolute atomic E-state index is 0.0986. The third-order valence-electron chi connectivity index (χ3n) is 2.49. The number of carbonyl (C=O) groups is 2. The van der Waals surface area contributed by atoms with Gasteiger partial charge >= 0.3 is 6.03 Å². The molecular weight excluding hydrogens is 302 g/mol. The maximum Gasteiger partial charge on any atom is 0.316 e. The number of amides is 2. The van der Waals surface area contributed by atoms with Crippen LogP contribution in [0.15, 0.2) is 18.2 Å². The van der Waals surface area contributed by atoms with Crippen LogP contribution in [0.25, 0.3) is 0 Å². The lowest BCUT2D eigenvalue weighted by Gasteiger charge is -2.23. The van der Waals surface area contributed by atoms with Gasteiger partial charge in [-0.1, -0.05) is 6.07 Å². The maximum atomic E-state index is 10.8. The standard InChI is InChI=1S/C13H21N3O3.C2H4O2/c1-13(2,3)15-7-11(18)8-4-5-10(17)9(6-8)16-12(14)19;1-2(3)4/h4-6,11,15,17-18H,7H2,1-3H3,(H3,14,16,19);1H3,(H,3,4). The number of nitrogens with two attached hydrogens (primary N) is 1. The van der Waals surface area contributed by atoms with Gasteiger partial charge in [-0.3, -0.25) is 4.79 Å². The highest BCUT2D eigenvalue weighted by Gasteiger charge is 2.15. The number of anilines is 1. The van der Waals surface area contributed by atoms with E-state index >= 15 is 0 Å². The number of phenols is 1. The van der Waals surface area contributed by atoms with Crippen LogP contribution in [-0.4, -0.2) is 39.4 Å². The molecule has 1 unspecified atom stereocenters. The Hall–Kier alpha value is -2.32. The summed E-state index contributed by atoms with van der Waals surface area (Å²) in [5, 5.41) is 32.5. The number of aliphatic hydroxyl groups excluding tert-OH is 1. The summed E-state index contributed by atoms with van der Waals surface area (Å²) in [4.78, 5) is 19.8. The van der Waals surface area contributed by atoms with Gasteiger partial charge in [0.1, 0.15) is 5.75 Å². The molecule has 23 heavy (non-hydrogen) atoms. The first-order valence-corrected chi connectivity index (χ1v) is 6.94. The van der Waals surface area contributed by atoms with Gasteiger partial charge in [-0.2, -0.15) is 0 Å². The smallest absolute Gasteiger partial charge is 0.316 e. The summed E-state index contributed by atoms with van der Waals surface area (Å²) in [5.74, 6) is -0.932. The molecule has 0 spiro atoms. The summed E-state index contributed by atoms with van der Waals surface area (Å²) in [7, 11) is 0. The van der Waals surface area contributed by atoms with Gasteiger partial charge in [0.05, 0.1) is 11.8 Å². The Morgan fingerprint density at radius 2 is 1.83 bits per heavy atom. The van der Waals surface area contributed by atoms with Crippen LogP contribution in [0.3, 0.4) is 0 Å². The number of carboxylic acids is 1. The molecule has 0 aliphatic heterocycles. The van der Waals surface area contributed by atoms with E-state index in [1.165, 1.54) is 12.1 Å². The van der Waals surface area contributed by atoms with Gasteiger partial charge in [0, 0.05) is 19.0 Å². The van der Waals surface area contributed by atoms with Crippen molar-refractivity contribution in [2.45, 2.75) is 39.3 Å². The second-order valence-corrected chi connectivity index (χ2v) is 5.93. The third-order valence-corrected chi connectivity index (χ3v) is 2.49. The molecule has 0 bridgehead atoms. The number of primary amides is 1. The van der Waals surface area contributed by atoms with E-state index in [9.17, 15) is 15.0 Å². The zero-order chi connectivity index (χ0) is 18.2. The minimum atomic E-state index is -0.833. The van der Waals surface area contributed by atoms with Crippen molar-refractivity contribution in [3.63, 3.8) is 0 Å². The predicted molar refractivity (Wildman–Crippen MR) is 87.3 cm³/mol. The van der Waals surface area contributed by atoms with E-state index in [1.807, 2.05) is 20.8 Å². The van der Waals surface area contributed by atoms with Crippen molar-refractivity contribution >= 4 is 17.7 Å². The van der Waals surface area contributed by atoms with Gasteiger partial charge in [-0.25, -0.2) is 4.79 Å². The fraction of sp³-hybridized carbons (Fsp3) is 0.467. The summed E-state index contributed by atoms with van der Waals surface area (Å²) >= 11 is 0. The minimum Gasteiger partial charge on any atom is -0.506 e. The highest BCUT2D eigenvalue weighted by Crippen LogP contribution is 2.27. The second kappa shape index (κ2) is 8.96. The number of hydrogen-bond acceptors (Lipinski definition) is 5. The molecule has 0 aliphatic carbocycles. The lowest BCUT2D eigenvalue weighted by Crippen LogP contribution is -2.38. The summed E-state index contributed by atoms with van der Waals surface area (Å²) in [6.45, 7) is 7.44. The van der Waals surface area contributed by atoms with Crippen molar-refractivity contribution in [3.05, 3.63) is 23.8 Å². The highest BCUT2D eigenvalue weighted by atomic mass is 16.4. The summed E-state index contributed by atoms with van der Waals surface area (Å²) in [6.07, 6.45) is -0.742. The average molecular weight is 327 g/mol. The van der Waals surface area contributed by atoms with Crippen LogP contribution in [0, 0.1) is 0 Å². The van der Waals surface area contributed by atoms with Crippen molar-refractivity contribution in [3.8, 4) is 5.75 Å². The van der Waals surface area contributed by atoms with Gasteiger partial charge in [0.25, 0.3) is 5.97 Å². The number of aliphatic hydroxyl groups is 1. The molecule has 0 saturated heterocycles. The van der Waals surface area contributed by atoms with E-state index in [1.54, 1.807) is 6.07 Å².